The van der Waals surface area contributed by atoms with Crippen LogP contribution in [0.5, 0.6) is 0 Å². The van der Waals surface area contributed by atoms with Gasteiger partial charge in [-0.25, -0.2) is 4.39 Å². The van der Waals surface area contributed by atoms with Gasteiger partial charge in [0.15, 0.2) is 0 Å². The van der Waals surface area contributed by atoms with Gasteiger partial charge in [-0.2, -0.15) is 4.39 Å². The third kappa shape index (κ3) is 3.36. The Morgan fingerprint density at radius 3 is 2.52 bits per heavy atom. The maximum atomic E-state index is 13.8. The van der Waals surface area contributed by atoms with E-state index in [1.54, 1.807) is 0 Å². The Balaban J connectivity index is 2.37. The first-order valence-electron chi connectivity index (χ1n) is 6.33. The number of rotatable bonds is 5. The zero-order chi connectivity index (χ0) is 15.6. The molecule has 4 nitrogen and oxygen atoms in total. The predicted molar refractivity (Wildman–Crippen MR) is 78.5 cm³/mol. The van der Waals surface area contributed by atoms with Gasteiger partial charge in [-0.3, -0.25) is 10.1 Å². The molecule has 0 bridgehead atoms. The molecule has 0 aliphatic rings. The molecule has 1 N–H and O–H groups in total. The number of nitro benzene ring substituents is 1. The molecule has 0 amide bonds. The summed E-state index contributed by atoms with van der Waals surface area (Å²) in [5.41, 5.74) is -0.817. The number of nitrogens with one attached hydrogen (secondary N) is 1. The number of nitrogens with zero attached hydrogens (tertiary/aromatic N) is 1. The van der Waals surface area contributed by atoms with Crippen LogP contribution in [0.4, 0.5) is 20.2 Å². The highest BCUT2D eigenvalue weighted by molar-refractivity contribution is 7.10. The minimum Gasteiger partial charge on any atom is -0.375 e. The Bertz CT molecular complexity index is 645. The summed E-state index contributed by atoms with van der Waals surface area (Å²) in [5, 5.41) is 15.6. The van der Waals surface area contributed by atoms with Gasteiger partial charge in [0.1, 0.15) is 5.82 Å². The molecule has 7 heteroatoms. The summed E-state index contributed by atoms with van der Waals surface area (Å²) in [4.78, 5) is 10.9. The third-order valence-electron chi connectivity index (χ3n) is 3.06. The number of benzene rings is 1. The van der Waals surface area contributed by atoms with E-state index in [9.17, 15) is 18.9 Å². The van der Waals surface area contributed by atoms with Gasteiger partial charge in [-0.05, 0) is 17.4 Å². The van der Waals surface area contributed by atoms with Crippen molar-refractivity contribution in [2.45, 2.75) is 19.9 Å². The van der Waals surface area contributed by atoms with Gasteiger partial charge in [0.2, 0.25) is 5.82 Å². The fourth-order valence-electron chi connectivity index (χ4n) is 1.99. The van der Waals surface area contributed by atoms with Crippen molar-refractivity contribution in [1.29, 1.82) is 0 Å². The summed E-state index contributed by atoms with van der Waals surface area (Å²) in [7, 11) is 0. The lowest BCUT2D eigenvalue weighted by molar-refractivity contribution is -0.387. The van der Waals surface area contributed by atoms with E-state index in [0.29, 0.717) is 6.07 Å². The van der Waals surface area contributed by atoms with Crippen LogP contribution >= 0.6 is 11.3 Å². The Kier molecular flexibility index (Phi) is 4.52. The molecule has 1 aromatic heterocycles. The summed E-state index contributed by atoms with van der Waals surface area (Å²) in [6.07, 6.45) is 0. The van der Waals surface area contributed by atoms with Crippen LogP contribution in [0.2, 0.25) is 0 Å². The van der Waals surface area contributed by atoms with E-state index in [4.69, 9.17) is 0 Å². The zero-order valence-corrected chi connectivity index (χ0v) is 12.3. The molecule has 1 unspecified atom stereocenters. The Labute approximate surface area is 124 Å². The van der Waals surface area contributed by atoms with Gasteiger partial charge in [0.05, 0.1) is 16.7 Å². The molecule has 0 aliphatic carbocycles. The van der Waals surface area contributed by atoms with Crippen LogP contribution in [0.15, 0.2) is 29.6 Å². The van der Waals surface area contributed by atoms with Crippen LogP contribution in [0.1, 0.15) is 24.8 Å². The number of anilines is 1. The summed E-state index contributed by atoms with van der Waals surface area (Å²) in [5.74, 6) is -1.90. The molecule has 1 heterocycles. The highest BCUT2D eigenvalue weighted by Gasteiger charge is 2.22. The van der Waals surface area contributed by atoms with E-state index in [0.717, 1.165) is 10.9 Å². The van der Waals surface area contributed by atoms with Crippen molar-refractivity contribution < 1.29 is 13.7 Å². The first-order valence-corrected chi connectivity index (χ1v) is 7.21. The van der Waals surface area contributed by atoms with E-state index in [1.165, 1.54) is 11.3 Å². The maximum absolute atomic E-state index is 13.8. The molecular weight excluding hydrogens is 298 g/mol. The lowest BCUT2D eigenvalue weighted by atomic mass is 10.0. The minimum absolute atomic E-state index is 0.0739. The fraction of sp³-hybridized carbons (Fsp3) is 0.286. The van der Waals surface area contributed by atoms with Gasteiger partial charge >= 0.3 is 5.69 Å². The lowest BCUT2D eigenvalue weighted by Gasteiger charge is -2.22. The average Bonchev–Trinajstić information content (AvgIpc) is 2.90. The molecule has 21 heavy (non-hydrogen) atoms. The maximum Gasteiger partial charge on any atom is 0.307 e. The number of nitro groups is 1. The van der Waals surface area contributed by atoms with Crippen LogP contribution in [-0.4, -0.2) is 4.92 Å². The molecule has 0 radical (unpaired) electrons. The summed E-state index contributed by atoms with van der Waals surface area (Å²) >= 11 is 1.51. The summed E-state index contributed by atoms with van der Waals surface area (Å²) < 4.78 is 27.2. The first-order chi connectivity index (χ1) is 9.90. The van der Waals surface area contributed by atoms with E-state index in [1.807, 2.05) is 31.4 Å². The van der Waals surface area contributed by atoms with Gasteiger partial charge in [-0.15, -0.1) is 11.3 Å². The molecule has 0 saturated heterocycles. The van der Waals surface area contributed by atoms with E-state index < -0.39 is 22.2 Å². The van der Waals surface area contributed by atoms with Crippen LogP contribution in [0.25, 0.3) is 0 Å². The molecule has 2 rings (SSSR count). The largest absolute Gasteiger partial charge is 0.375 e. The van der Waals surface area contributed by atoms with E-state index in [2.05, 4.69) is 5.32 Å². The van der Waals surface area contributed by atoms with Crippen molar-refractivity contribution >= 4 is 22.7 Å². The topological polar surface area (TPSA) is 55.2 Å². The molecular formula is C14H14F2N2O2S. The second-order valence-electron chi connectivity index (χ2n) is 4.92. The van der Waals surface area contributed by atoms with Gasteiger partial charge in [0.25, 0.3) is 0 Å². The average molecular weight is 312 g/mol. The van der Waals surface area contributed by atoms with E-state index >= 15 is 0 Å². The molecule has 1 aromatic carbocycles. The smallest absolute Gasteiger partial charge is 0.307 e. The van der Waals surface area contributed by atoms with E-state index in [-0.39, 0.29) is 17.6 Å². The number of hydrogen-bond acceptors (Lipinski definition) is 4. The van der Waals surface area contributed by atoms with Crippen molar-refractivity contribution in [3.05, 3.63) is 56.3 Å². The second kappa shape index (κ2) is 6.17. The highest BCUT2D eigenvalue weighted by Crippen LogP contribution is 2.33. The fourth-order valence-corrected chi connectivity index (χ4v) is 2.94. The molecule has 0 aliphatic heterocycles. The number of thiophene rings is 1. The SMILES string of the molecule is CC(C)C(Nc1cc([N+](=O)[O-])c(F)cc1F)c1cccs1. The monoisotopic (exact) mass is 312 g/mol. The van der Waals surface area contributed by atoms with Crippen molar-refractivity contribution in [1.82, 2.24) is 0 Å². The van der Waals surface area contributed by atoms with Crippen LogP contribution in [0.3, 0.4) is 0 Å². The van der Waals surface area contributed by atoms with Crippen LogP contribution in [0, 0.1) is 27.7 Å². The zero-order valence-electron chi connectivity index (χ0n) is 11.5. The lowest BCUT2D eigenvalue weighted by Crippen LogP contribution is -2.16. The minimum atomic E-state index is -1.18. The summed E-state index contributed by atoms with van der Waals surface area (Å²) in [6, 6.07) is 5.00. The molecule has 112 valence electrons. The quantitative estimate of drug-likeness (QED) is 0.640. The van der Waals surface area contributed by atoms with Crippen molar-refractivity contribution in [3.8, 4) is 0 Å². The first kappa shape index (κ1) is 15.4. The molecule has 1 atom stereocenters. The van der Waals surface area contributed by atoms with Crippen LogP contribution < -0.4 is 5.32 Å². The predicted octanol–water partition coefficient (Wildman–Crippen LogP) is 4.74. The molecule has 2 aromatic rings. The molecule has 0 spiro atoms. The second-order valence-corrected chi connectivity index (χ2v) is 5.90. The number of hydrogen-bond donors (Lipinski definition) is 1. The van der Waals surface area contributed by atoms with Gasteiger partial charge in [0, 0.05) is 17.0 Å². The Morgan fingerprint density at radius 1 is 1.29 bits per heavy atom. The Hall–Kier alpha value is -2.02. The van der Waals surface area contributed by atoms with Crippen molar-refractivity contribution in [3.63, 3.8) is 0 Å². The summed E-state index contributed by atoms with van der Waals surface area (Å²) in [6.45, 7) is 3.90. The van der Waals surface area contributed by atoms with Crippen LogP contribution in [-0.2, 0) is 0 Å². The molecule has 0 fully saturated rings. The standard InChI is InChI=1S/C14H14F2N2O2S/c1-8(2)14(13-4-3-5-21-13)17-11-7-12(18(19)20)10(16)6-9(11)15/h3-8,14,17H,1-2H3. The normalized spacial score (nSPS) is 12.4. The van der Waals surface area contributed by atoms with Crippen molar-refractivity contribution in [2.75, 3.05) is 5.32 Å². The van der Waals surface area contributed by atoms with Gasteiger partial charge in [-0.1, -0.05) is 19.9 Å². The molecule has 0 saturated carbocycles. The highest BCUT2D eigenvalue weighted by atomic mass is 32.1. The van der Waals surface area contributed by atoms with Gasteiger partial charge < -0.3 is 5.32 Å². The Morgan fingerprint density at radius 2 is 2.00 bits per heavy atom. The third-order valence-corrected chi connectivity index (χ3v) is 4.02. The van der Waals surface area contributed by atoms with Crippen molar-refractivity contribution in [2.24, 2.45) is 5.92 Å². The number of halogens is 2.